The molecule has 0 saturated heterocycles. The quantitative estimate of drug-likeness (QED) is 0.0494. The number of aromatic nitrogens is 4. The van der Waals surface area contributed by atoms with Crippen molar-refractivity contribution in [2.75, 3.05) is 0 Å². The van der Waals surface area contributed by atoms with Crippen LogP contribution in [0, 0.1) is 0 Å². The van der Waals surface area contributed by atoms with E-state index in [-0.39, 0.29) is 27.8 Å². The lowest BCUT2D eigenvalue weighted by Crippen LogP contribution is -2.04. The van der Waals surface area contributed by atoms with Gasteiger partial charge >= 0.3 is 5.88 Å². The Morgan fingerprint density at radius 3 is 1.17 bits per heavy atom. The monoisotopic (exact) mass is 568 g/mol. The lowest BCUT2D eigenvalue weighted by atomic mass is 9.93. The van der Waals surface area contributed by atoms with E-state index >= 15 is 0 Å². The molecule has 2 aromatic heterocycles. The average molecular weight is 568 g/mol. The van der Waals surface area contributed by atoms with E-state index in [1.165, 1.54) is 48.5 Å². The molecular weight excluding hydrogens is 552 g/mol. The number of hydrogen-bond donors (Lipinski definition) is 8. The molecule has 0 amide bonds. The number of nitrogens with zero attached hydrogens (tertiary/aromatic N) is 4. The maximum Gasteiger partial charge on any atom is 0.332 e. The third-order valence-electron chi connectivity index (χ3n) is 6.77. The van der Waals surface area contributed by atoms with Gasteiger partial charge in [-0.3, -0.25) is 9.78 Å². The predicted molar refractivity (Wildman–Crippen MR) is 146 cm³/mol. The molecule has 0 aliphatic rings. The summed E-state index contributed by atoms with van der Waals surface area (Å²) in [4.78, 5) is 26.3. The summed E-state index contributed by atoms with van der Waals surface area (Å²) in [6, 6.07) is 10.6. The fourth-order valence-corrected chi connectivity index (χ4v) is 4.83. The molecule has 5 aromatic carbocycles. The summed E-state index contributed by atoms with van der Waals surface area (Å²) in [5.41, 5.74) is 0.678. The van der Waals surface area contributed by atoms with Crippen molar-refractivity contribution in [2.45, 2.75) is 0 Å². The van der Waals surface area contributed by atoms with Crippen LogP contribution in [0.1, 0.15) is 0 Å². The first-order chi connectivity index (χ1) is 20.1. The highest BCUT2D eigenvalue weighted by molar-refractivity contribution is 6.26. The van der Waals surface area contributed by atoms with Gasteiger partial charge in [0.05, 0.1) is 22.1 Å². The Hall–Kier alpha value is -6.44. The molecule has 0 aliphatic heterocycles. The largest absolute Gasteiger partial charge is 0.504 e. The van der Waals surface area contributed by atoms with Gasteiger partial charge in [0.25, 0.3) is 17.6 Å². The van der Waals surface area contributed by atoms with Crippen molar-refractivity contribution in [3.63, 3.8) is 0 Å². The van der Waals surface area contributed by atoms with Gasteiger partial charge in [-0.15, -0.1) is 0 Å². The molecule has 42 heavy (non-hydrogen) atoms. The molecule has 0 spiro atoms. The first kappa shape index (κ1) is 24.6. The topological polar surface area (TPSA) is 232 Å². The predicted octanol–water partition coefficient (Wildman–Crippen LogP) is 4.05. The lowest BCUT2D eigenvalue weighted by Gasteiger charge is -2.14. The Morgan fingerprint density at radius 2 is 0.714 bits per heavy atom. The van der Waals surface area contributed by atoms with Crippen LogP contribution in [0.5, 0.6) is 58.0 Å². The number of benzene rings is 5. The minimum atomic E-state index is -0.684. The van der Waals surface area contributed by atoms with Crippen molar-refractivity contribution in [3.8, 4) is 58.0 Å². The second kappa shape index (κ2) is 8.53. The first-order valence-corrected chi connectivity index (χ1v) is 12.0. The van der Waals surface area contributed by atoms with E-state index in [1.54, 1.807) is 0 Å². The number of fused-ring (bicyclic) bond motifs is 8. The molecule has 0 saturated carbocycles. The molecule has 208 valence electrons. The zero-order valence-electron chi connectivity index (χ0n) is 20.8. The van der Waals surface area contributed by atoms with E-state index in [2.05, 4.69) is 19.9 Å². The van der Waals surface area contributed by atoms with Gasteiger partial charge in [-0.25, -0.2) is 19.9 Å². The van der Waals surface area contributed by atoms with Gasteiger partial charge in [-0.05, 0) is 80.8 Å². The fraction of sp³-hybridized carbons (Fsp3) is 0. The molecule has 0 unspecified atom stereocenters. The van der Waals surface area contributed by atoms with Gasteiger partial charge in [0.15, 0.2) is 28.7 Å². The molecule has 2 heterocycles. The smallest absolute Gasteiger partial charge is 0.332 e. The van der Waals surface area contributed by atoms with Crippen molar-refractivity contribution in [1.82, 2.24) is 19.9 Å². The second-order valence-corrected chi connectivity index (χ2v) is 9.36. The van der Waals surface area contributed by atoms with Crippen LogP contribution >= 0.6 is 0 Å². The van der Waals surface area contributed by atoms with Crippen LogP contribution in [0.25, 0.3) is 54.4 Å². The normalized spacial score (nSPS) is 11.6. The van der Waals surface area contributed by atoms with Crippen LogP contribution in [0.3, 0.4) is 0 Å². The molecule has 0 radical (unpaired) electrons. The van der Waals surface area contributed by atoms with Gasteiger partial charge < -0.3 is 40.9 Å². The van der Waals surface area contributed by atoms with Gasteiger partial charge in [0.1, 0.15) is 0 Å². The van der Waals surface area contributed by atoms with E-state index < -0.39 is 52.3 Å². The summed E-state index contributed by atoms with van der Waals surface area (Å²) in [6.45, 7) is 0. The number of phenolic OH excluding ortho intramolecular Hbond substituents is 5. The summed E-state index contributed by atoms with van der Waals surface area (Å²) >= 11 is 0. The van der Waals surface area contributed by atoms with Crippen LogP contribution < -0.4 is 9.78 Å². The molecular formula is C28H16N4O10. The summed E-state index contributed by atoms with van der Waals surface area (Å²) in [6.07, 6.45) is 0. The van der Waals surface area contributed by atoms with E-state index in [9.17, 15) is 40.9 Å². The Kier molecular flexibility index (Phi) is 4.99. The molecule has 0 atom stereocenters. The maximum absolute atomic E-state index is 10.8. The Bertz CT molecular complexity index is 2270. The van der Waals surface area contributed by atoms with Crippen molar-refractivity contribution in [2.24, 2.45) is 0 Å². The Morgan fingerprint density at radius 1 is 0.357 bits per heavy atom. The first-order valence-electron chi connectivity index (χ1n) is 12.0. The van der Waals surface area contributed by atoms with E-state index in [0.29, 0.717) is 32.3 Å². The maximum atomic E-state index is 10.8. The average Bonchev–Trinajstić information content (AvgIpc) is 2.94. The van der Waals surface area contributed by atoms with Crippen molar-refractivity contribution in [3.05, 3.63) is 48.5 Å². The van der Waals surface area contributed by atoms with Crippen LogP contribution in [0.2, 0.25) is 0 Å². The van der Waals surface area contributed by atoms with Gasteiger partial charge in [0.2, 0.25) is 5.75 Å². The summed E-state index contributed by atoms with van der Waals surface area (Å²) in [7, 11) is 0. The standard InChI is InChI=1S/C28H16N4O10/c33-19-1-9-10-2-20(34)22(36)4-12(10)14-6-24(23(37)5-13(14)11(9)3-21(19)35)41-42-28-27(40)31-17-7-15-16(8-18(17)32-28)30-26(39)25(38)29-15/h1-8,33-37H,(H,29,38)(H,30,39)(H,31,40). The molecule has 8 N–H and O–H groups in total. The van der Waals surface area contributed by atoms with Gasteiger partial charge in [-0.1, -0.05) is 0 Å². The van der Waals surface area contributed by atoms with Crippen LogP contribution in [0.4, 0.5) is 0 Å². The lowest BCUT2D eigenvalue weighted by molar-refractivity contribution is -0.107. The van der Waals surface area contributed by atoms with E-state index in [1.807, 2.05) is 0 Å². The molecule has 14 heteroatoms. The summed E-state index contributed by atoms with van der Waals surface area (Å²) < 4.78 is 0. The summed E-state index contributed by atoms with van der Waals surface area (Å²) in [5, 5.41) is 83.5. The number of phenols is 5. The van der Waals surface area contributed by atoms with E-state index in [4.69, 9.17) is 9.78 Å². The van der Waals surface area contributed by atoms with Crippen LogP contribution in [-0.4, -0.2) is 60.8 Å². The minimum absolute atomic E-state index is 0.163. The molecule has 0 aliphatic carbocycles. The third kappa shape index (κ3) is 3.66. The Labute approximate surface area is 231 Å². The minimum Gasteiger partial charge on any atom is -0.504 e. The Balaban J connectivity index is 1.34. The zero-order valence-corrected chi connectivity index (χ0v) is 20.8. The van der Waals surface area contributed by atoms with Crippen molar-refractivity contribution in [1.29, 1.82) is 0 Å². The molecule has 0 fully saturated rings. The highest BCUT2D eigenvalue weighted by Gasteiger charge is 2.19. The fourth-order valence-electron chi connectivity index (χ4n) is 4.83. The number of rotatable bonds is 3. The SMILES string of the molecule is Oc1cc2c3cc(O)c(O)cc3c3cc(OOc4nc5cc6nc(O)c(O)nc6cc5nc4O)c(O)cc3c2cc1O. The second-order valence-electron chi connectivity index (χ2n) is 9.36. The number of aromatic hydroxyl groups is 8. The highest BCUT2D eigenvalue weighted by Crippen LogP contribution is 2.46. The van der Waals surface area contributed by atoms with Crippen molar-refractivity contribution >= 4 is 54.4 Å². The number of hydrogen-bond acceptors (Lipinski definition) is 14. The van der Waals surface area contributed by atoms with Crippen molar-refractivity contribution < 1.29 is 50.6 Å². The molecule has 0 bridgehead atoms. The molecule has 7 aromatic rings. The van der Waals surface area contributed by atoms with Gasteiger partial charge in [0, 0.05) is 0 Å². The zero-order chi connectivity index (χ0) is 29.4. The third-order valence-corrected chi connectivity index (χ3v) is 6.77. The van der Waals surface area contributed by atoms with Gasteiger partial charge in [-0.2, -0.15) is 0 Å². The van der Waals surface area contributed by atoms with Crippen LogP contribution in [0.15, 0.2) is 48.5 Å². The molecule has 7 rings (SSSR count). The molecule has 14 nitrogen and oxygen atoms in total. The highest BCUT2D eigenvalue weighted by atomic mass is 17.2. The van der Waals surface area contributed by atoms with E-state index in [0.717, 1.165) is 0 Å². The summed E-state index contributed by atoms with van der Waals surface area (Å²) in [5.74, 6) is -4.81. The van der Waals surface area contributed by atoms with Crippen LogP contribution in [-0.2, 0) is 0 Å².